The molecule has 1 aliphatic heterocycles. The Bertz CT molecular complexity index is 622. The van der Waals surface area contributed by atoms with Gasteiger partial charge in [0.15, 0.2) is 5.82 Å². The summed E-state index contributed by atoms with van der Waals surface area (Å²) in [5.74, 6) is -0.785. The van der Waals surface area contributed by atoms with E-state index in [-0.39, 0.29) is 29.9 Å². The Morgan fingerprint density at radius 2 is 2.19 bits per heavy atom. The molecule has 1 aliphatic rings. The summed E-state index contributed by atoms with van der Waals surface area (Å²) in [6, 6.07) is 3.25. The number of aromatic nitrogens is 2. The van der Waals surface area contributed by atoms with Crippen molar-refractivity contribution < 1.29 is 13.3 Å². The van der Waals surface area contributed by atoms with Crippen LogP contribution in [-0.4, -0.2) is 41.7 Å². The molecule has 5 nitrogen and oxygen atoms in total. The van der Waals surface area contributed by atoms with E-state index in [0.29, 0.717) is 12.4 Å². The van der Waals surface area contributed by atoms with Gasteiger partial charge in [-0.3, -0.25) is 4.90 Å². The highest BCUT2D eigenvalue weighted by Gasteiger charge is 2.26. The minimum atomic E-state index is -0.713. The fourth-order valence-corrected chi connectivity index (χ4v) is 2.24. The van der Waals surface area contributed by atoms with Crippen LogP contribution in [0.15, 0.2) is 22.7 Å². The first kappa shape index (κ1) is 15.8. The summed E-state index contributed by atoms with van der Waals surface area (Å²) in [6.07, 6.45) is 0. The minimum absolute atomic E-state index is 0. The van der Waals surface area contributed by atoms with E-state index in [4.69, 9.17) is 4.52 Å². The first-order chi connectivity index (χ1) is 9.65. The van der Waals surface area contributed by atoms with Crippen molar-refractivity contribution in [2.45, 2.75) is 6.04 Å². The van der Waals surface area contributed by atoms with E-state index in [0.717, 1.165) is 25.2 Å². The third-order valence-electron chi connectivity index (χ3n) is 3.41. The van der Waals surface area contributed by atoms with E-state index in [1.807, 2.05) is 7.05 Å². The molecule has 2 aromatic rings. The number of nitrogens with one attached hydrogen (secondary N) is 1. The number of hydrogen-bond donors (Lipinski definition) is 1. The van der Waals surface area contributed by atoms with Gasteiger partial charge in [0.25, 0.3) is 5.89 Å². The van der Waals surface area contributed by atoms with E-state index in [2.05, 4.69) is 20.4 Å². The van der Waals surface area contributed by atoms with Crippen LogP contribution in [0.2, 0.25) is 0 Å². The monoisotopic (exact) mass is 316 g/mol. The second-order valence-corrected chi connectivity index (χ2v) is 4.78. The molecule has 21 heavy (non-hydrogen) atoms. The van der Waals surface area contributed by atoms with E-state index in [1.165, 1.54) is 6.07 Å². The molecular weight excluding hydrogens is 302 g/mol. The molecule has 0 spiro atoms. The zero-order valence-corrected chi connectivity index (χ0v) is 12.2. The molecule has 1 aromatic carbocycles. The maximum Gasteiger partial charge on any atom is 0.260 e. The highest BCUT2D eigenvalue weighted by atomic mass is 35.5. The molecule has 0 radical (unpaired) electrons. The summed E-state index contributed by atoms with van der Waals surface area (Å²) in [5.41, 5.74) is 0.108. The van der Waals surface area contributed by atoms with E-state index < -0.39 is 11.6 Å². The molecule has 1 unspecified atom stereocenters. The van der Waals surface area contributed by atoms with Gasteiger partial charge in [-0.1, -0.05) is 5.16 Å². The first-order valence-corrected chi connectivity index (χ1v) is 6.35. The van der Waals surface area contributed by atoms with Crippen molar-refractivity contribution in [2.75, 3.05) is 26.7 Å². The summed E-state index contributed by atoms with van der Waals surface area (Å²) in [4.78, 5) is 6.33. The molecular formula is C13H15ClF2N4O. The van der Waals surface area contributed by atoms with Gasteiger partial charge < -0.3 is 9.84 Å². The number of likely N-dealkylation sites (N-methyl/N-ethyl adjacent to an activating group) is 1. The smallest absolute Gasteiger partial charge is 0.260 e. The van der Waals surface area contributed by atoms with Gasteiger partial charge in [-0.2, -0.15) is 4.98 Å². The molecule has 1 saturated heterocycles. The lowest BCUT2D eigenvalue weighted by Crippen LogP contribution is -2.44. The normalized spacial score (nSPS) is 19.3. The van der Waals surface area contributed by atoms with Gasteiger partial charge in [0.05, 0.1) is 11.6 Å². The summed E-state index contributed by atoms with van der Waals surface area (Å²) in [7, 11) is 1.97. The maximum absolute atomic E-state index is 13.7. The fourth-order valence-electron chi connectivity index (χ4n) is 2.24. The summed E-state index contributed by atoms with van der Waals surface area (Å²) < 4.78 is 31.7. The van der Waals surface area contributed by atoms with Crippen molar-refractivity contribution in [3.8, 4) is 11.5 Å². The third kappa shape index (κ3) is 3.20. The van der Waals surface area contributed by atoms with Gasteiger partial charge >= 0.3 is 0 Å². The molecule has 8 heteroatoms. The standard InChI is InChI=1S/C13H14F2N4O.ClH/c1-19-5-4-16-7-11(19)12-17-13(20-18-12)9-3-2-8(14)6-10(9)15;/h2-3,6,11,16H,4-5,7H2,1H3;1H. The predicted octanol–water partition coefficient (Wildman–Crippen LogP) is 2.01. The number of benzene rings is 1. The van der Waals surface area contributed by atoms with Crippen molar-refractivity contribution in [3.05, 3.63) is 35.7 Å². The van der Waals surface area contributed by atoms with Gasteiger partial charge in [-0.15, -0.1) is 12.4 Å². The maximum atomic E-state index is 13.7. The van der Waals surface area contributed by atoms with E-state index in [9.17, 15) is 8.78 Å². The molecule has 1 atom stereocenters. The predicted molar refractivity (Wildman–Crippen MR) is 75.1 cm³/mol. The molecule has 0 amide bonds. The average molecular weight is 317 g/mol. The van der Waals surface area contributed by atoms with Crippen molar-refractivity contribution >= 4 is 12.4 Å². The lowest BCUT2D eigenvalue weighted by atomic mass is 10.2. The van der Waals surface area contributed by atoms with Crippen LogP contribution in [-0.2, 0) is 0 Å². The van der Waals surface area contributed by atoms with Crippen LogP contribution in [0.4, 0.5) is 8.78 Å². The zero-order valence-electron chi connectivity index (χ0n) is 11.3. The van der Waals surface area contributed by atoms with Crippen LogP contribution in [0.1, 0.15) is 11.9 Å². The summed E-state index contributed by atoms with van der Waals surface area (Å²) in [6.45, 7) is 2.49. The van der Waals surface area contributed by atoms with Crippen LogP contribution >= 0.6 is 12.4 Å². The Morgan fingerprint density at radius 1 is 1.38 bits per heavy atom. The minimum Gasteiger partial charge on any atom is -0.334 e. The van der Waals surface area contributed by atoms with Crippen LogP contribution in [0.3, 0.4) is 0 Å². The molecule has 0 bridgehead atoms. The topological polar surface area (TPSA) is 54.2 Å². The number of hydrogen-bond acceptors (Lipinski definition) is 5. The summed E-state index contributed by atoms with van der Waals surface area (Å²) >= 11 is 0. The van der Waals surface area contributed by atoms with Crippen molar-refractivity contribution in [2.24, 2.45) is 0 Å². The van der Waals surface area contributed by atoms with Crippen molar-refractivity contribution in [1.29, 1.82) is 0 Å². The second kappa shape index (κ2) is 6.46. The summed E-state index contributed by atoms with van der Waals surface area (Å²) in [5, 5.41) is 7.15. The average Bonchev–Trinajstić information content (AvgIpc) is 2.88. The fraction of sp³-hybridized carbons (Fsp3) is 0.385. The van der Waals surface area contributed by atoms with Gasteiger partial charge in [0, 0.05) is 25.7 Å². The zero-order chi connectivity index (χ0) is 14.1. The Balaban J connectivity index is 0.00000161. The van der Waals surface area contributed by atoms with E-state index >= 15 is 0 Å². The van der Waals surface area contributed by atoms with Crippen LogP contribution in [0.25, 0.3) is 11.5 Å². The van der Waals surface area contributed by atoms with Gasteiger partial charge in [-0.25, -0.2) is 8.78 Å². The lowest BCUT2D eigenvalue weighted by molar-refractivity contribution is 0.190. The number of rotatable bonds is 2. The molecule has 1 fully saturated rings. The Kier molecular flexibility index (Phi) is 4.87. The van der Waals surface area contributed by atoms with Crippen LogP contribution < -0.4 is 5.32 Å². The highest BCUT2D eigenvalue weighted by Crippen LogP contribution is 2.25. The van der Waals surface area contributed by atoms with Crippen molar-refractivity contribution in [3.63, 3.8) is 0 Å². The third-order valence-corrected chi connectivity index (χ3v) is 3.41. The molecule has 2 heterocycles. The molecule has 3 rings (SSSR count). The number of halogens is 3. The SMILES string of the molecule is CN1CCNCC1c1noc(-c2ccc(F)cc2F)n1.Cl. The second-order valence-electron chi connectivity index (χ2n) is 4.78. The molecule has 1 aromatic heterocycles. The molecule has 1 N–H and O–H groups in total. The number of nitrogens with zero attached hydrogens (tertiary/aromatic N) is 3. The van der Waals surface area contributed by atoms with Gasteiger partial charge in [-0.05, 0) is 19.2 Å². The lowest BCUT2D eigenvalue weighted by Gasteiger charge is -2.30. The Labute approximate surface area is 126 Å². The Morgan fingerprint density at radius 3 is 2.90 bits per heavy atom. The Hall–Kier alpha value is -1.57. The van der Waals surface area contributed by atoms with Gasteiger partial charge in [0.2, 0.25) is 0 Å². The molecule has 0 aliphatic carbocycles. The van der Waals surface area contributed by atoms with Crippen molar-refractivity contribution in [1.82, 2.24) is 20.4 Å². The van der Waals surface area contributed by atoms with Crippen LogP contribution in [0, 0.1) is 11.6 Å². The molecule has 0 saturated carbocycles. The largest absolute Gasteiger partial charge is 0.334 e. The number of piperazine rings is 1. The molecule has 114 valence electrons. The first-order valence-electron chi connectivity index (χ1n) is 6.35. The van der Waals surface area contributed by atoms with Gasteiger partial charge in [0.1, 0.15) is 11.6 Å². The van der Waals surface area contributed by atoms with Crippen LogP contribution in [0.5, 0.6) is 0 Å². The highest BCUT2D eigenvalue weighted by molar-refractivity contribution is 5.85. The van der Waals surface area contributed by atoms with E-state index in [1.54, 1.807) is 0 Å². The quantitative estimate of drug-likeness (QED) is 0.918.